The van der Waals surface area contributed by atoms with E-state index >= 15 is 0 Å². The summed E-state index contributed by atoms with van der Waals surface area (Å²) in [6.45, 7) is 4.18. The average Bonchev–Trinajstić information content (AvgIpc) is 3.26. The Hall–Kier alpha value is -1.17. The maximum atomic E-state index is 12.4. The third-order valence-corrected chi connectivity index (χ3v) is 13.1. The number of hydrogen-bond acceptors (Lipinski definition) is 4. The second-order valence-corrected chi connectivity index (χ2v) is 19.1. The summed E-state index contributed by atoms with van der Waals surface area (Å²) in [5.41, 5.74) is 0. The number of amides is 1. The zero-order valence-electron chi connectivity index (χ0n) is 41.3. The lowest BCUT2D eigenvalue weighted by atomic mass is 9.99. The molecule has 5 nitrogen and oxygen atoms in total. The SMILES string of the molecule is CCCCCCCCCCCCCCC/C=C\C/C=C\CCCCCCCCCCCCCCCCCCCC(=O)NC(CO)C(O)C(O)CCCCCCCCCCCC. The van der Waals surface area contributed by atoms with Gasteiger partial charge in [0.25, 0.3) is 0 Å². The summed E-state index contributed by atoms with van der Waals surface area (Å²) in [7, 11) is 0. The van der Waals surface area contributed by atoms with E-state index in [1.807, 2.05) is 0 Å². The zero-order chi connectivity index (χ0) is 44.4. The number of allylic oxidation sites excluding steroid dienone is 4. The second kappa shape index (κ2) is 51.5. The van der Waals surface area contributed by atoms with Gasteiger partial charge in [-0.25, -0.2) is 0 Å². The van der Waals surface area contributed by atoms with Crippen molar-refractivity contribution in [3.63, 3.8) is 0 Å². The van der Waals surface area contributed by atoms with Crippen molar-refractivity contribution in [3.8, 4) is 0 Å². The quantitative estimate of drug-likeness (QED) is 0.0362. The molecule has 0 aromatic rings. The molecule has 61 heavy (non-hydrogen) atoms. The van der Waals surface area contributed by atoms with E-state index in [-0.39, 0.29) is 12.5 Å². The predicted octanol–water partition coefficient (Wildman–Crippen LogP) is 16.9. The van der Waals surface area contributed by atoms with Gasteiger partial charge in [-0.2, -0.15) is 0 Å². The topological polar surface area (TPSA) is 89.8 Å². The van der Waals surface area contributed by atoms with E-state index in [9.17, 15) is 20.1 Å². The first-order chi connectivity index (χ1) is 30.1. The first kappa shape index (κ1) is 59.8. The lowest BCUT2D eigenvalue weighted by molar-refractivity contribution is -0.124. The van der Waals surface area contributed by atoms with E-state index in [2.05, 4.69) is 43.5 Å². The molecule has 3 unspecified atom stereocenters. The van der Waals surface area contributed by atoms with Gasteiger partial charge in [0.05, 0.1) is 18.8 Å². The minimum Gasteiger partial charge on any atom is -0.394 e. The molecule has 0 heterocycles. The van der Waals surface area contributed by atoms with Gasteiger partial charge in [-0.1, -0.05) is 276 Å². The van der Waals surface area contributed by atoms with Crippen LogP contribution in [-0.2, 0) is 4.79 Å². The summed E-state index contributed by atoms with van der Waals surface area (Å²) in [5, 5.41) is 33.5. The molecule has 0 radical (unpaired) electrons. The Morgan fingerprint density at radius 2 is 0.705 bits per heavy atom. The van der Waals surface area contributed by atoms with Crippen LogP contribution in [0.25, 0.3) is 0 Å². The number of aliphatic hydroxyl groups excluding tert-OH is 3. The summed E-state index contributed by atoms with van der Waals surface area (Å²) < 4.78 is 0. The number of carbonyl (C=O) groups is 1. The third kappa shape index (κ3) is 46.6. The van der Waals surface area contributed by atoms with Crippen LogP contribution in [0.1, 0.15) is 303 Å². The third-order valence-electron chi connectivity index (χ3n) is 13.1. The van der Waals surface area contributed by atoms with Gasteiger partial charge < -0.3 is 20.6 Å². The Morgan fingerprint density at radius 1 is 0.410 bits per heavy atom. The molecule has 0 aliphatic rings. The lowest BCUT2D eigenvalue weighted by Gasteiger charge is -2.26. The lowest BCUT2D eigenvalue weighted by Crippen LogP contribution is -2.50. The van der Waals surface area contributed by atoms with E-state index in [0.29, 0.717) is 12.8 Å². The maximum absolute atomic E-state index is 12.4. The highest BCUT2D eigenvalue weighted by atomic mass is 16.3. The Morgan fingerprint density at radius 3 is 1.03 bits per heavy atom. The minimum atomic E-state index is -1.13. The normalized spacial score (nSPS) is 13.5. The first-order valence-corrected chi connectivity index (χ1v) is 27.6. The number of hydrogen-bond donors (Lipinski definition) is 4. The van der Waals surface area contributed by atoms with Gasteiger partial charge in [0.15, 0.2) is 0 Å². The highest BCUT2D eigenvalue weighted by Crippen LogP contribution is 2.17. The second-order valence-electron chi connectivity index (χ2n) is 19.1. The summed E-state index contributed by atoms with van der Waals surface area (Å²) in [4.78, 5) is 12.4. The van der Waals surface area contributed by atoms with E-state index < -0.39 is 18.2 Å². The van der Waals surface area contributed by atoms with Crippen molar-refractivity contribution in [2.45, 2.75) is 321 Å². The Bertz CT molecular complexity index is 905. The number of unbranched alkanes of at least 4 members (excludes halogenated alkanes) is 39. The predicted molar refractivity (Wildman–Crippen MR) is 268 cm³/mol. The molecule has 1 amide bonds. The molecular weight excluding hydrogens is 751 g/mol. The van der Waals surface area contributed by atoms with Gasteiger partial charge in [0, 0.05) is 6.42 Å². The molecule has 3 atom stereocenters. The van der Waals surface area contributed by atoms with Crippen molar-refractivity contribution >= 4 is 5.91 Å². The van der Waals surface area contributed by atoms with Gasteiger partial charge >= 0.3 is 0 Å². The monoisotopic (exact) mass is 860 g/mol. The van der Waals surface area contributed by atoms with Crippen LogP contribution in [0.4, 0.5) is 0 Å². The number of aliphatic hydroxyl groups is 3. The molecule has 0 aromatic heterocycles. The van der Waals surface area contributed by atoms with Crippen LogP contribution < -0.4 is 5.32 Å². The molecule has 0 aliphatic heterocycles. The summed E-state index contributed by atoms with van der Waals surface area (Å²) >= 11 is 0. The average molecular weight is 860 g/mol. The van der Waals surface area contributed by atoms with E-state index in [1.165, 1.54) is 231 Å². The highest BCUT2D eigenvalue weighted by molar-refractivity contribution is 5.76. The summed E-state index contributed by atoms with van der Waals surface area (Å²) in [6, 6.07) is -0.806. The molecule has 0 aromatic carbocycles. The van der Waals surface area contributed by atoms with E-state index in [1.54, 1.807) is 0 Å². The number of rotatable bonds is 51. The largest absolute Gasteiger partial charge is 0.394 e. The molecule has 0 saturated heterocycles. The van der Waals surface area contributed by atoms with Crippen LogP contribution in [-0.4, -0.2) is 46.1 Å². The van der Waals surface area contributed by atoms with Crippen molar-refractivity contribution in [2.75, 3.05) is 6.61 Å². The standard InChI is InChI=1S/C56H109NO4/c1-3-5-7-9-11-13-15-16-17-18-19-20-21-22-23-24-25-26-27-28-29-30-31-32-33-34-35-36-37-38-39-40-41-43-45-47-49-51-55(60)57-53(52-58)56(61)54(59)50-48-46-44-42-14-12-10-8-6-4-2/h23-24,26-27,53-54,56,58-59,61H,3-22,25,28-52H2,1-2H3,(H,57,60)/b24-23-,27-26-. The van der Waals surface area contributed by atoms with Gasteiger partial charge in [0.1, 0.15) is 6.10 Å². The van der Waals surface area contributed by atoms with Gasteiger partial charge in [-0.15, -0.1) is 0 Å². The van der Waals surface area contributed by atoms with Crippen LogP contribution >= 0.6 is 0 Å². The zero-order valence-corrected chi connectivity index (χ0v) is 41.3. The van der Waals surface area contributed by atoms with Crippen LogP contribution in [0.2, 0.25) is 0 Å². The summed E-state index contributed by atoms with van der Waals surface area (Å²) in [6.07, 6.45) is 65.0. The maximum Gasteiger partial charge on any atom is 0.220 e. The first-order valence-electron chi connectivity index (χ1n) is 27.6. The Balaban J connectivity index is 3.43. The Kier molecular flexibility index (Phi) is 50.5. The molecule has 0 fully saturated rings. The Labute approximate surface area is 382 Å². The minimum absolute atomic E-state index is 0.142. The fourth-order valence-electron chi connectivity index (χ4n) is 8.78. The van der Waals surface area contributed by atoms with Gasteiger partial charge in [-0.3, -0.25) is 4.79 Å². The smallest absolute Gasteiger partial charge is 0.220 e. The number of carbonyl (C=O) groups excluding carboxylic acids is 1. The van der Waals surface area contributed by atoms with Crippen molar-refractivity contribution in [3.05, 3.63) is 24.3 Å². The molecular formula is C56H109NO4. The summed E-state index contributed by atoms with van der Waals surface area (Å²) in [5.74, 6) is -0.142. The fraction of sp³-hybridized carbons (Fsp3) is 0.911. The van der Waals surface area contributed by atoms with Gasteiger partial charge in [0.2, 0.25) is 5.91 Å². The highest BCUT2D eigenvalue weighted by Gasteiger charge is 2.26. The van der Waals surface area contributed by atoms with Crippen LogP contribution in [0.15, 0.2) is 24.3 Å². The van der Waals surface area contributed by atoms with Gasteiger partial charge in [-0.05, 0) is 44.9 Å². The molecule has 0 aliphatic carbocycles. The molecule has 0 spiro atoms. The molecule has 0 bridgehead atoms. The molecule has 4 N–H and O–H groups in total. The van der Waals surface area contributed by atoms with Crippen molar-refractivity contribution in [1.82, 2.24) is 5.32 Å². The van der Waals surface area contributed by atoms with Crippen LogP contribution in [0.5, 0.6) is 0 Å². The van der Waals surface area contributed by atoms with Crippen molar-refractivity contribution < 1.29 is 20.1 Å². The van der Waals surface area contributed by atoms with Crippen molar-refractivity contribution in [1.29, 1.82) is 0 Å². The molecule has 5 heteroatoms. The fourth-order valence-corrected chi connectivity index (χ4v) is 8.78. The van der Waals surface area contributed by atoms with Crippen LogP contribution in [0, 0.1) is 0 Å². The van der Waals surface area contributed by atoms with Crippen molar-refractivity contribution in [2.24, 2.45) is 0 Å². The van der Waals surface area contributed by atoms with Crippen LogP contribution in [0.3, 0.4) is 0 Å². The van der Waals surface area contributed by atoms with E-state index in [0.717, 1.165) is 44.9 Å². The molecule has 362 valence electrons. The molecule has 0 saturated carbocycles. The number of nitrogens with one attached hydrogen (secondary N) is 1. The van der Waals surface area contributed by atoms with E-state index in [4.69, 9.17) is 0 Å². The molecule has 0 rings (SSSR count).